The Kier molecular flexibility index (Phi) is 11.0. The second-order valence-corrected chi connectivity index (χ2v) is 8.75. The molecule has 2 rings (SSSR count). The molecule has 0 spiro atoms. The topological polar surface area (TPSA) is 158 Å². The summed E-state index contributed by atoms with van der Waals surface area (Å²) >= 11 is 1.04. The highest BCUT2D eigenvalue weighted by Crippen LogP contribution is 2.27. The Morgan fingerprint density at radius 2 is 1.85 bits per heavy atom. The molecule has 0 bridgehead atoms. The van der Waals surface area contributed by atoms with Gasteiger partial charge in [0.2, 0.25) is 0 Å². The molecule has 0 aliphatic rings. The van der Waals surface area contributed by atoms with Crippen molar-refractivity contribution in [2.45, 2.75) is 44.8 Å². The van der Waals surface area contributed by atoms with Gasteiger partial charge in [-0.1, -0.05) is 30.2 Å². The van der Waals surface area contributed by atoms with Gasteiger partial charge in [0.05, 0.1) is 4.70 Å². The van der Waals surface area contributed by atoms with Gasteiger partial charge in [-0.3, -0.25) is 19.2 Å². The SMILES string of the molecule is CC(OC=O)(OC=O)C(=O)N(CCCCCCO)CCNCCc1ccc(O)c2[nH]c(=O)sc12. The molecule has 4 N–H and O–H groups in total. The third-order valence-corrected chi connectivity index (χ3v) is 6.28. The van der Waals surface area contributed by atoms with E-state index in [4.69, 9.17) is 14.6 Å². The lowest BCUT2D eigenvalue weighted by Crippen LogP contribution is -2.52. The number of rotatable bonds is 17. The Morgan fingerprint density at radius 1 is 1.15 bits per heavy atom. The zero-order valence-corrected chi connectivity index (χ0v) is 19.9. The summed E-state index contributed by atoms with van der Waals surface area (Å²) in [5.41, 5.74) is 1.34. The molecule has 1 aromatic carbocycles. The van der Waals surface area contributed by atoms with Crippen LogP contribution in [0.15, 0.2) is 16.9 Å². The van der Waals surface area contributed by atoms with E-state index in [9.17, 15) is 24.3 Å². The third-order valence-electron chi connectivity index (χ3n) is 5.33. The first kappa shape index (κ1) is 27.3. The average Bonchev–Trinajstić information content (AvgIpc) is 3.21. The fraction of sp³-hybridized carbons (Fsp3) is 0.545. The zero-order valence-electron chi connectivity index (χ0n) is 19.1. The Labute approximate surface area is 200 Å². The summed E-state index contributed by atoms with van der Waals surface area (Å²) in [5, 5.41) is 22.0. The van der Waals surface area contributed by atoms with Crippen molar-refractivity contribution in [3.63, 3.8) is 0 Å². The van der Waals surface area contributed by atoms with Crippen LogP contribution in [-0.2, 0) is 30.3 Å². The summed E-state index contributed by atoms with van der Waals surface area (Å²) in [6.45, 7) is 3.06. The summed E-state index contributed by atoms with van der Waals surface area (Å²) in [6, 6.07) is 3.31. The van der Waals surface area contributed by atoms with Crippen LogP contribution in [0.25, 0.3) is 10.2 Å². The number of carbonyl (C=O) groups excluding carboxylic acids is 3. The number of hydrogen-bond acceptors (Lipinski definition) is 10. The van der Waals surface area contributed by atoms with Gasteiger partial charge in [0.15, 0.2) is 0 Å². The van der Waals surface area contributed by atoms with Crippen molar-refractivity contribution >= 4 is 40.4 Å². The standard InChI is InChI=1S/C22H31N3O8S/c1-22(32-14-27,33-15-28)20(30)25(11-4-2-3-5-13-26)12-10-23-9-8-16-6-7-17(29)18-19(16)34-21(31)24-18/h6-7,14-15,23,26,29H,2-5,8-13H2,1H3,(H,24,31). The number of aromatic amines is 1. The molecule has 0 saturated heterocycles. The van der Waals surface area contributed by atoms with E-state index in [1.807, 2.05) is 0 Å². The summed E-state index contributed by atoms with van der Waals surface area (Å²) in [4.78, 5) is 50.2. The number of hydrogen-bond donors (Lipinski definition) is 4. The van der Waals surface area contributed by atoms with Crippen LogP contribution in [0.2, 0.25) is 0 Å². The maximum absolute atomic E-state index is 13.0. The van der Waals surface area contributed by atoms with Crippen molar-refractivity contribution in [2.75, 3.05) is 32.8 Å². The molecule has 0 fully saturated rings. The number of nitrogens with one attached hydrogen (secondary N) is 2. The first-order valence-corrected chi connectivity index (χ1v) is 11.9. The van der Waals surface area contributed by atoms with Gasteiger partial charge in [0.25, 0.3) is 12.9 Å². The summed E-state index contributed by atoms with van der Waals surface area (Å²) in [5.74, 6) is -2.66. The maximum Gasteiger partial charge on any atom is 0.333 e. The van der Waals surface area contributed by atoms with E-state index in [-0.39, 0.29) is 36.7 Å². The summed E-state index contributed by atoms with van der Waals surface area (Å²) < 4.78 is 10.2. The fourth-order valence-corrected chi connectivity index (χ4v) is 4.41. The number of aliphatic hydroxyl groups is 1. The van der Waals surface area contributed by atoms with E-state index in [2.05, 4.69) is 10.3 Å². The third kappa shape index (κ3) is 7.54. The number of aliphatic hydroxyl groups excluding tert-OH is 1. The zero-order chi connectivity index (χ0) is 25.0. The van der Waals surface area contributed by atoms with Crippen LogP contribution >= 0.6 is 11.3 Å². The number of nitrogens with zero attached hydrogens (tertiary/aromatic N) is 1. The smallest absolute Gasteiger partial charge is 0.333 e. The first-order valence-electron chi connectivity index (χ1n) is 11.0. The van der Waals surface area contributed by atoms with E-state index >= 15 is 0 Å². The van der Waals surface area contributed by atoms with Crippen LogP contribution in [0.1, 0.15) is 38.2 Å². The molecule has 12 heteroatoms. The Bertz CT molecular complexity index is 996. The van der Waals surface area contributed by atoms with Gasteiger partial charge in [0.1, 0.15) is 11.3 Å². The molecular weight excluding hydrogens is 466 g/mol. The van der Waals surface area contributed by atoms with Crippen LogP contribution in [0.5, 0.6) is 5.75 Å². The van der Waals surface area contributed by atoms with Crippen molar-refractivity contribution < 1.29 is 34.1 Å². The highest BCUT2D eigenvalue weighted by atomic mass is 32.1. The number of thiazole rings is 1. The van der Waals surface area contributed by atoms with Crippen LogP contribution < -0.4 is 10.2 Å². The molecule has 11 nitrogen and oxygen atoms in total. The molecule has 0 saturated carbocycles. The summed E-state index contributed by atoms with van der Waals surface area (Å²) in [7, 11) is 0. The van der Waals surface area contributed by atoms with Gasteiger partial charge in [0, 0.05) is 33.2 Å². The van der Waals surface area contributed by atoms with Gasteiger partial charge in [-0.25, -0.2) is 0 Å². The monoisotopic (exact) mass is 497 g/mol. The molecule has 0 aliphatic heterocycles. The predicted octanol–water partition coefficient (Wildman–Crippen LogP) is 0.871. The number of benzene rings is 1. The number of ether oxygens (including phenoxy) is 2. The van der Waals surface area contributed by atoms with Crippen molar-refractivity contribution in [2.24, 2.45) is 0 Å². The number of aromatic nitrogens is 1. The molecule has 34 heavy (non-hydrogen) atoms. The highest BCUT2D eigenvalue weighted by Gasteiger charge is 2.41. The largest absolute Gasteiger partial charge is 0.506 e. The van der Waals surface area contributed by atoms with Crippen molar-refractivity contribution in [3.8, 4) is 5.75 Å². The van der Waals surface area contributed by atoms with Crippen molar-refractivity contribution in [1.82, 2.24) is 15.2 Å². The minimum Gasteiger partial charge on any atom is -0.506 e. The highest BCUT2D eigenvalue weighted by molar-refractivity contribution is 7.16. The predicted molar refractivity (Wildman–Crippen MR) is 126 cm³/mol. The number of fused-ring (bicyclic) bond motifs is 1. The second kappa shape index (κ2) is 13.7. The van der Waals surface area contributed by atoms with Gasteiger partial charge in [-0.2, -0.15) is 0 Å². The Morgan fingerprint density at radius 3 is 2.53 bits per heavy atom. The van der Waals surface area contributed by atoms with E-state index in [1.165, 1.54) is 11.8 Å². The van der Waals surface area contributed by atoms with E-state index in [0.29, 0.717) is 49.1 Å². The Hall–Kier alpha value is -2.96. The molecule has 0 unspecified atom stereocenters. The number of amides is 1. The van der Waals surface area contributed by atoms with Gasteiger partial charge >= 0.3 is 16.6 Å². The quantitative estimate of drug-likeness (QED) is 0.141. The van der Waals surface area contributed by atoms with Crippen LogP contribution in [0.3, 0.4) is 0 Å². The number of phenolic OH excluding ortho intramolecular Hbond substituents is 1. The molecule has 1 aromatic heterocycles. The number of H-pyrrole nitrogens is 1. The number of aromatic hydroxyl groups is 1. The lowest BCUT2D eigenvalue weighted by Gasteiger charge is -2.31. The average molecular weight is 498 g/mol. The molecule has 1 heterocycles. The summed E-state index contributed by atoms with van der Waals surface area (Å²) in [6.07, 6.45) is 3.56. The fourth-order valence-electron chi connectivity index (χ4n) is 3.51. The number of carbonyl (C=O) groups is 3. The van der Waals surface area contributed by atoms with Crippen molar-refractivity contribution in [3.05, 3.63) is 27.4 Å². The maximum atomic E-state index is 13.0. The lowest BCUT2D eigenvalue weighted by atomic mass is 10.1. The molecule has 0 atom stereocenters. The molecule has 188 valence electrons. The lowest BCUT2D eigenvalue weighted by molar-refractivity contribution is -0.213. The minimum absolute atomic E-state index is 0.0244. The molecule has 2 aromatic rings. The minimum atomic E-state index is -2.04. The van der Waals surface area contributed by atoms with Gasteiger partial charge in [-0.05, 0) is 37.4 Å². The van der Waals surface area contributed by atoms with E-state index in [0.717, 1.165) is 29.7 Å². The number of phenols is 1. The van der Waals surface area contributed by atoms with Crippen LogP contribution in [0.4, 0.5) is 0 Å². The molecule has 1 amide bonds. The van der Waals surface area contributed by atoms with Crippen LogP contribution in [-0.4, -0.2) is 77.5 Å². The van der Waals surface area contributed by atoms with Crippen molar-refractivity contribution in [1.29, 1.82) is 0 Å². The second-order valence-electron chi connectivity index (χ2n) is 7.77. The molecule has 0 aliphatic carbocycles. The van der Waals surface area contributed by atoms with E-state index < -0.39 is 11.7 Å². The van der Waals surface area contributed by atoms with Gasteiger partial charge < -0.3 is 34.9 Å². The molecular formula is C22H31N3O8S. The van der Waals surface area contributed by atoms with Crippen LogP contribution in [0, 0.1) is 0 Å². The Balaban J connectivity index is 1.95. The van der Waals surface area contributed by atoms with Gasteiger partial charge in [-0.15, -0.1) is 0 Å². The first-order chi connectivity index (χ1) is 16.4. The molecule has 0 radical (unpaired) electrons. The van der Waals surface area contributed by atoms with E-state index in [1.54, 1.807) is 12.1 Å². The number of unbranched alkanes of at least 4 members (excludes halogenated alkanes) is 3. The normalized spacial score (nSPS) is 11.4.